The van der Waals surface area contributed by atoms with Crippen molar-refractivity contribution in [2.75, 3.05) is 0 Å². The molecule has 9 atom stereocenters. The average molecular weight is 555 g/mol. The molecule has 2 saturated carbocycles. The molecule has 0 spiro atoms. The first-order valence-electron chi connectivity index (χ1n) is 14.5. The van der Waals surface area contributed by atoms with Crippen molar-refractivity contribution in [3.8, 4) is 0 Å². The minimum atomic E-state index is -2.09. The van der Waals surface area contributed by atoms with Crippen LogP contribution in [0.1, 0.15) is 98.8 Å². The van der Waals surface area contributed by atoms with Gasteiger partial charge in [0.1, 0.15) is 5.60 Å². The number of ether oxygens (including phenoxy) is 2. The van der Waals surface area contributed by atoms with Crippen molar-refractivity contribution in [2.24, 2.45) is 29.1 Å². The van der Waals surface area contributed by atoms with Crippen molar-refractivity contribution in [1.82, 2.24) is 0 Å². The Hall–Kier alpha value is -1.72. The van der Waals surface area contributed by atoms with E-state index in [9.17, 15) is 39.6 Å². The molecule has 1 heterocycles. The summed E-state index contributed by atoms with van der Waals surface area (Å²) in [5.41, 5.74) is -2.79. The van der Waals surface area contributed by atoms with Crippen LogP contribution >= 0.6 is 0 Å². The van der Waals surface area contributed by atoms with E-state index >= 15 is 0 Å². The van der Waals surface area contributed by atoms with Crippen molar-refractivity contribution in [1.29, 1.82) is 0 Å². The Balaban J connectivity index is 2.02. The molecule has 0 amide bonds. The predicted octanol–water partition coefficient (Wildman–Crippen LogP) is 2.78. The smallest absolute Gasteiger partial charge is 0.335 e. The highest BCUT2D eigenvalue weighted by molar-refractivity contribution is 6.65. The Bertz CT molecular complexity index is 944. The second-order valence-electron chi connectivity index (χ2n) is 12.4. The normalized spacial score (nSPS) is 40.6. The van der Waals surface area contributed by atoms with Crippen LogP contribution in [0, 0.1) is 29.1 Å². The number of aliphatic hydroxyl groups is 3. The summed E-state index contributed by atoms with van der Waals surface area (Å²) in [7, 11) is 0. The third-order valence-corrected chi connectivity index (χ3v) is 9.63. The molecule has 10 heteroatoms. The molecular formula is C29H46O10. The molecule has 9 unspecified atom stereocenters. The van der Waals surface area contributed by atoms with Crippen LogP contribution < -0.4 is 0 Å². The van der Waals surface area contributed by atoms with Crippen molar-refractivity contribution in [3.63, 3.8) is 0 Å². The number of aliphatic carboxylic acids is 1. The minimum absolute atomic E-state index is 0.0216. The van der Waals surface area contributed by atoms with E-state index in [4.69, 9.17) is 9.47 Å². The van der Waals surface area contributed by atoms with Gasteiger partial charge in [-0.05, 0) is 62.2 Å². The first-order valence-corrected chi connectivity index (χ1v) is 14.5. The maximum absolute atomic E-state index is 12.8. The van der Waals surface area contributed by atoms with E-state index in [1.807, 2.05) is 20.8 Å². The van der Waals surface area contributed by atoms with Crippen LogP contribution in [-0.4, -0.2) is 73.6 Å². The number of fused-ring (bicyclic) bond motifs is 1. The van der Waals surface area contributed by atoms with E-state index in [1.54, 1.807) is 13.8 Å². The summed E-state index contributed by atoms with van der Waals surface area (Å²) in [5, 5.41) is 44.0. The number of carbonyl (C=O) groups is 4. The van der Waals surface area contributed by atoms with Gasteiger partial charge in [-0.1, -0.05) is 47.5 Å². The Morgan fingerprint density at radius 1 is 1.10 bits per heavy atom. The van der Waals surface area contributed by atoms with Gasteiger partial charge in [-0.15, -0.1) is 0 Å². The Morgan fingerprint density at radius 3 is 2.26 bits per heavy atom. The highest BCUT2D eigenvalue weighted by Crippen LogP contribution is 2.53. The molecule has 1 saturated heterocycles. The summed E-state index contributed by atoms with van der Waals surface area (Å²) < 4.78 is 12.3. The van der Waals surface area contributed by atoms with Gasteiger partial charge in [-0.2, -0.15) is 0 Å². The van der Waals surface area contributed by atoms with Gasteiger partial charge in [0.2, 0.25) is 11.6 Å². The molecule has 39 heavy (non-hydrogen) atoms. The number of rotatable bonds is 9. The zero-order chi connectivity index (χ0) is 29.3. The van der Waals surface area contributed by atoms with Gasteiger partial charge in [-0.3, -0.25) is 14.4 Å². The summed E-state index contributed by atoms with van der Waals surface area (Å²) in [6.07, 6.45) is -0.823. The van der Waals surface area contributed by atoms with Gasteiger partial charge >= 0.3 is 5.97 Å². The highest BCUT2D eigenvalue weighted by atomic mass is 16.9. The molecule has 3 fully saturated rings. The lowest BCUT2D eigenvalue weighted by molar-refractivity contribution is -0.360. The molecule has 3 rings (SSSR count). The van der Waals surface area contributed by atoms with Crippen molar-refractivity contribution < 1.29 is 49.1 Å². The first-order chi connectivity index (χ1) is 18.2. The molecule has 2 aliphatic carbocycles. The van der Waals surface area contributed by atoms with Crippen LogP contribution in [-0.2, 0) is 28.7 Å². The fourth-order valence-electron chi connectivity index (χ4n) is 7.61. The number of carboxylic acids is 1. The van der Waals surface area contributed by atoms with Crippen molar-refractivity contribution in [3.05, 3.63) is 0 Å². The van der Waals surface area contributed by atoms with E-state index in [-0.39, 0.29) is 31.6 Å². The van der Waals surface area contributed by atoms with E-state index < -0.39 is 76.4 Å². The van der Waals surface area contributed by atoms with Gasteiger partial charge in [0, 0.05) is 18.3 Å². The molecular weight excluding hydrogens is 508 g/mol. The summed E-state index contributed by atoms with van der Waals surface area (Å²) in [4.78, 5) is 49.7. The lowest BCUT2D eigenvalue weighted by Crippen LogP contribution is -2.55. The van der Waals surface area contributed by atoms with Gasteiger partial charge < -0.3 is 29.9 Å². The molecule has 10 nitrogen and oxygen atoms in total. The Morgan fingerprint density at radius 2 is 1.72 bits per heavy atom. The summed E-state index contributed by atoms with van der Waals surface area (Å²) in [6.45, 7) is 9.38. The summed E-state index contributed by atoms with van der Waals surface area (Å²) >= 11 is 0. The average Bonchev–Trinajstić information content (AvgIpc) is 3.18. The second kappa shape index (κ2) is 12.0. The standard InChI is InChI=1S/C29H46O10/c1-6-9-17(10-7-2)29(37)38-22-14-16(4)13-19(20(30)11-12-28(22,39-29)25(34)26(35)36)27(5)15-21(31)24(33)23(32)18(27)8-3/h16-20,22,25,30,34,37H,6-15H2,1-5H3,(H,35,36). The van der Waals surface area contributed by atoms with E-state index in [1.165, 1.54) is 0 Å². The van der Waals surface area contributed by atoms with Crippen LogP contribution in [0.3, 0.4) is 0 Å². The molecule has 0 aromatic heterocycles. The lowest BCUT2D eigenvalue weighted by Gasteiger charge is -2.47. The number of hydrogen-bond donors (Lipinski definition) is 4. The number of carboxylic acid groups (broad SMARTS) is 1. The monoisotopic (exact) mass is 554 g/mol. The Labute approximate surface area is 230 Å². The number of hydrogen-bond acceptors (Lipinski definition) is 9. The van der Waals surface area contributed by atoms with Crippen molar-refractivity contribution >= 4 is 23.3 Å². The summed E-state index contributed by atoms with van der Waals surface area (Å²) in [5.74, 6) is -8.01. The Kier molecular flexibility index (Phi) is 9.81. The van der Waals surface area contributed by atoms with Gasteiger partial charge in [-0.25, -0.2) is 4.79 Å². The fourth-order valence-corrected chi connectivity index (χ4v) is 7.61. The number of Topliss-reactive ketones (excluding diaryl/α,β-unsaturated/α-hetero) is 3. The van der Waals surface area contributed by atoms with Gasteiger partial charge in [0.05, 0.1) is 12.2 Å². The topological polar surface area (TPSA) is 168 Å². The molecule has 0 radical (unpaired) electrons. The maximum atomic E-state index is 12.8. The van der Waals surface area contributed by atoms with Crippen LogP contribution in [0.5, 0.6) is 0 Å². The number of aliphatic hydroxyl groups excluding tert-OH is 2. The molecule has 0 bridgehead atoms. The molecule has 0 aromatic rings. The molecule has 4 N–H and O–H groups in total. The quantitative estimate of drug-likeness (QED) is 0.311. The minimum Gasteiger partial charge on any atom is -0.479 e. The molecule has 0 aromatic carbocycles. The van der Waals surface area contributed by atoms with Crippen LogP contribution in [0.15, 0.2) is 0 Å². The second-order valence-corrected chi connectivity index (χ2v) is 12.4. The largest absolute Gasteiger partial charge is 0.479 e. The fraction of sp³-hybridized carbons (Fsp3) is 0.862. The third kappa shape index (κ3) is 5.73. The van der Waals surface area contributed by atoms with Gasteiger partial charge in [0.25, 0.3) is 11.8 Å². The highest BCUT2D eigenvalue weighted by Gasteiger charge is 2.65. The van der Waals surface area contributed by atoms with Gasteiger partial charge in [0.15, 0.2) is 6.10 Å². The third-order valence-electron chi connectivity index (χ3n) is 9.63. The first kappa shape index (κ1) is 31.8. The number of ketones is 3. The predicted molar refractivity (Wildman–Crippen MR) is 139 cm³/mol. The van der Waals surface area contributed by atoms with E-state index in [0.29, 0.717) is 25.7 Å². The number of carbonyl (C=O) groups excluding carboxylic acids is 3. The van der Waals surface area contributed by atoms with Crippen LogP contribution in [0.25, 0.3) is 0 Å². The zero-order valence-electron chi connectivity index (χ0n) is 23.9. The van der Waals surface area contributed by atoms with E-state index in [2.05, 4.69) is 0 Å². The van der Waals surface area contributed by atoms with Crippen LogP contribution in [0.4, 0.5) is 0 Å². The van der Waals surface area contributed by atoms with E-state index in [0.717, 1.165) is 12.8 Å². The molecule has 3 aliphatic rings. The zero-order valence-corrected chi connectivity index (χ0v) is 23.9. The lowest BCUT2D eigenvalue weighted by atomic mass is 9.56. The van der Waals surface area contributed by atoms with Crippen LogP contribution in [0.2, 0.25) is 0 Å². The maximum Gasteiger partial charge on any atom is 0.335 e. The molecule has 1 aliphatic heterocycles. The SMILES string of the molecule is CCCC(CCC)C1(O)OC2CC(C)CC(C3(C)CC(=O)C(=O)C(=O)C3CC)C(O)CCC2(C(O)C(=O)O)O1. The van der Waals surface area contributed by atoms with Crippen molar-refractivity contribution in [2.45, 2.75) is 129 Å². The molecule has 222 valence electrons. The summed E-state index contributed by atoms with van der Waals surface area (Å²) in [6, 6.07) is 0.